The number of aromatic amines is 1. The zero-order chi connectivity index (χ0) is 19.6. The summed E-state index contributed by atoms with van der Waals surface area (Å²) in [5.41, 5.74) is 8.22. The third kappa shape index (κ3) is 3.65. The maximum Gasteiger partial charge on any atom is 0.220 e. The Kier molecular flexibility index (Phi) is 4.90. The van der Waals surface area contributed by atoms with Crippen LogP contribution in [0.15, 0.2) is 30.6 Å². The third-order valence-corrected chi connectivity index (χ3v) is 4.88. The highest BCUT2D eigenvalue weighted by Gasteiger charge is 2.32. The molecule has 0 amide bonds. The van der Waals surface area contributed by atoms with Crippen molar-refractivity contribution >= 4 is 16.9 Å². The predicted octanol–water partition coefficient (Wildman–Crippen LogP) is 2.50. The van der Waals surface area contributed by atoms with Crippen LogP contribution in [0, 0.1) is 11.8 Å². The fourth-order valence-electron chi connectivity index (χ4n) is 3.14. The maximum atomic E-state index is 10.2. The average molecular weight is 378 g/mol. The van der Waals surface area contributed by atoms with Gasteiger partial charge in [0.1, 0.15) is 17.9 Å². The smallest absolute Gasteiger partial charge is 0.220 e. The molecule has 0 unspecified atom stereocenters. The first-order valence-electron chi connectivity index (χ1n) is 9.19. The van der Waals surface area contributed by atoms with Crippen molar-refractivity contribution in [2.75, 3.05) is 26.1 Å². The molecule has 7 nitrogen and oxygen atoms in total. The van der Waals surface area contributed by atoms with Crippen LogP contribution in [-0.2, 0) is 4.74 Å². The molecule has 144 valence electrons. The van der Waals surface area contributed by atoms with Gasteiger partial charge in [-0.3, -0.25) is 0 Å². The molecule has 2 aromatic heterocycles. The van der Waals surface area contributed by atoms with Gasteiger partial charge in [0.2, 0.25) is 5.95 Å². The molecule has 0 bridgehead atoms. The molecule has 0 spiro atoms. The Morgan fingerprint density at radius 3 is 2.93 bits per heavy atom. The van der Waals surface area contributed by atoms with Crippen LogP contribution in [0.25, 0.3) is 22.2 Å². The standard InChI is InChI=1S/C21H22N4O3/c1-27-9-10-28-18-13-24-20(22)25-19(18)16-12-23-17-4-3-14(11-15(16)17)5-8-21(26)6-2-7-21/h3-4,11-13,23,26H,2,6-7,9-10H2,1H3,(H2,22,24,25). The van der Waals surface area contributed by atoms with Gasteiger partial charge in [-0.05, 0) is 37.5 Å². The summed E-state index contributed by atoms with van der Waals surface area (Å²) >= 11 is 0. The molecule has 4 N–H and O–H groups in total. The average Bonchev–Trinajstić information content (AvgIpc) is 3.09. The van der Waals surface area contributed by atoms with E-state index < -0.39 is 5.60 Å². The van der Waals surface area contributed by atoms with Crippen LogP contribution in [0.4, 0.5) is 5.95 Å². The number of aliphatic hydroxyl groups is 1. The minimum Gasteiger partial charge on any atom is -0.487 e. The van der Waals surface area contributed by atoms with Crippen LogP contribution in [0.1, 0.15) is 24.8 Å². The van der Waals surface area contributed by atoms with Crippen molar-refractivity contribution in [1.82, 2.24) is 15.0 Å². The van der Waals surface area contributed by atoms with Crippen LogP contribution in [-0.4, -0.2) is 46.0 Å². The van der Waals surface area contributed by atoms with Gasteiger partial charge < -0.3 is 25.3 Å². The largest absolute Gasteiger partial charge is 0.487 e. The van der Waals surface area contributed by atoms with E-state index in [9.17, 15) is 5.11 Å². The quantitative estimate of drug-likeness (QED) is 0.465. The van der Waals surface area contributed by atoms with Gasteiger partial charge in [-0.25, -0.2) is 9.97 Å². The van der Waals surface area contributed by atoms with Gasteiger partial charge >= 0.3 is 0 Å². The molecule has 1 fully saturated rings. The molecule has 0 aliphatic heterocycles. The number of anilines is 1. The van der Waals surface area contributed by atoms with Crippen molar-refractivity contribution in [3.05, 3.63) is 36.2 Å². The Bertz CT molecular complexity index is 1060. The molecule has 1 aromatic carbocycles. The summed E-state index contributed by atoms with van der Waals surface area (Å²) in [6.07, 6.45) is 5.93. The Morgan fingerprint density at radius 1 is 1.32 bits per heavy atom. The summed E-state index contributed by atoms with van der Waals surface area (Å²) in [7, 11) is 1.62. The molecule has 7 heteroatoms. The number of benzene rings is 1. The predicted molar refractivity (Wildman–Crippen MR) is 107 cm³/mol. The van der Waals surface area contributed by atoms with E-state index in [0.29, 0.717) is 24.7 Å². The number of nitrogen functional groups attached to an aromatic ring is 1. The van der Waals surface area contributed by atoms with Crippen LogP contribution < -0.4 is 10.5 Å². The number of methoxy groups -OCH3 is 1. The molecular weight excluding hydrogens is 356 g/mol. The first kappa shape index (κ1) is 18.3. The highest BCUT2D eigenvalue weighted by Crippen LogP contribution is 2.34. The van der Waals surface area contributed by atoms with Crippen molar-refractivity contribution in [2.45, 2.75) is 24.9 Å². The van der Waals surface area contributed by atoms with E-state index in [4.69, 9.17) is 15.2 Å². The summed E-state index contributed by atoms with van der Waals surface area (Å²) in [6.45, 7) is 0.842. The normalized spacial score (nSPS) is 14.9. The van der Waals surface area contributed by atoms with Crippen molar-refractivity contribution in [2.24, 2.45) is 0 Å². The number of ether oxygens (including phenoxy) is 2. The third-order valence-electron chi connectivity index (χ3n) is 4.88. The zero-order valence-corrected chi connectivity index (χ0v) is 15.7. The Balaban J connectivity index is 1.73. The van der Waals surface area contributed by atoms with Crippen molar-refractivity contribution < 1.29 is 14.6 Å². The number of H-pyrrole nitrogens is 1. The number of nitrogens with one attached hydrogen (secondary N) is 1. The number of aromatic nitrogens is 3. The van der Waals surface area contributed by atoms with E-state index in [1.807, 2.05) is 24.4 Å². The van der Waals surface area contributed by atoms with Crippen molar-refractivity contribution in [1.29, 1.82) is 0 Å². The lowest BCUT2D eigenvalue weighted by atomic mass is 9.81. The van der Waals surface area contributed by atoms with E-state index in [2.05, 4.69) is 26.8 Å². The van der Waals surface area contributed by atoms with Crippen LogP contribution in [0.3, 0.4) is 0 Å². The molecule has 28 heavy (non-hydrogen) atoms. The molecule has 1 saturated carbocycles. The van der Waals surface area contributed by atoms with E-state index in [1.165, 1.54) is 0 Å². The summed E-state index contributed by atoms with van der Waals surface area (Å²) in [4.78, 5) is 11.7. The van der Waals surface area contributed by atoms with E-state index >= 15 is 0 Å². The van der Waals surface area contributed by atoms with Crippen molar-refractivity contribution in [3.8, 4) is 28.8 Å². The lowest BCUT2D eigenvalue weighted by Gasteiger charge is -2.30. The lowest BCUT2D eigenvalue weighted by molar-refractivity contribution is 0.0240. The number of hydrogen-bond donors (Lipinski definition) is 3. The van der Waals surface area contributed by atoms with Gasteiger partial charge in [-0.15, -0.1) is 0 Å². The Hall–Kier alpha value is -3.08. The van der Waals surface area contributed by atoms with E-state index in [1.54, 1.807) is 13.3 Å². The van der Waals surface area contributed by atoms with Gasteiger partial charge in [-0.2, -0.15) is 0 Å². The second-order valence-corrected chi connectivity index (χ2v) is 6.88. The van der Waals surface area contributed by atoms with Crippen LogP contribution in [0.5, 0.6) is 5.75 Å². The molecule has 1 aliphatic carbocycles. The summed E-state index contributed by atoms with van der Waals surface area (Å²) < 4.78 is 10.8. The lowest BCUT2D eigenvalue weighted by Crippen LogP contribution is -2.34. The SMILES string of the molecule is COCCOc1cnc(N)nc1-c1c[nH]c2ccc(C#CC3(O)CCC3)cc12. The second-order valence-electron chi connectivity index (χ2n) is 6.88. The second kappa shape index (κ2) is 7.50. The summed E-state index contributed by atoms with van der Waals surface area (Å²) in [5.74, 6) is 6.80. The van der Waals surface area contributed by atoms with Gasteiger partial charge in [0.05, 0.1) is 12.8 Å². The molecule has 4 rings (SSSR count). The fraction of sp³-hybridized carbons (Fsp3) is 0.333. The number of rotatable bonds is 5. The van der Waals surface area contributed by atoms with Gasteiger partial charge in [0, 0.05) is 35.3 Å². The highest BCUT2D eigenvalue weighted by atomic mass is 16.5. The first-order valence-corrected chi connectivity index (χ1v) is 9.19. The maximum absolute atomic E-state index is 10.2. The van der Waals surface area contributed by atoms with E-state index in [0.717, 1.165) is 41.3 Å². The van der Waals surface area contributed by atoms with Crippen LogP contribution in [0.2, 0.25) is 0 Å². The van der Waals surface area contributed by atoms with Crippen LogP contribution >= 0.6 is 0 Å². The zero-order valence-electron chi connectivity index (χ0n) is 15.7. The molecule has 1 aliphatic rings. The first-order chi connectivity index (χ1) is 13.6. The Labute approximate surface area is 162 Å². The van der Waals surface area contributed by atoms with Gasteiger partial charge in [0.15, 0.2) is 5.75 Å². The Morgan fingerprint density at radius 2 is 2.18 bits per heavy atom. The number of hydrogen-bond acceptors (Lipinski definition) is 6. The summed E-state index contributed by atoms with van der Waals surface area (Å²) in [5, 5.41) is 11.2. The molecule has 0 saturated heterocycles. The molecule has 0 atom stereocenters. The highest BCUT2D eigenvalue weighted by molar-refractivity contribution is 5.96. The van der Waals surface area contributed by atoms with E-state index in [-0.39, 0.29) is 5.95 Å². The molecule has 2 heterocycles. The minimum atomic E-state index is -0.834. The van der Waals surface area contributed by atoms with Gasteiger partial charge in [-0.1, -0.05) is 11.8 Å². The minimum absolute atomic E-state index is 0.173. The number of nitrogens with two attached hydrogens (primary N) is 1. The topological polar surface area (TPSA) is 106 Å². The summed E-state index contributed by atoms with van der Waals surface area (Å²) in [6, 6.07) is 5.87. The molecular formula is C21H22N4O3. The fourth-order valence-corrected chi connectivity index (χ4v) is 3.14. The molecule has 3 aromatic rings. The number of nitrogens with zero attached hydrogens (tertiary/aromatic N) is 2. The number of fused-ring (bicyclic) bond motifs is 1. The monoisotopic (exact) mass is 378 g/mol. The van der Waals surface area contributed by atoms with Gasteiger partial charge in [0.25, 0.3) is 0 Å². The van der Waals surface area contributed by atoms with Crippen molar-refractivity contribution in [3.63, 3.8) is 0 Å². The molecule has 0 radical (unpaired) electrons.